The van der Waals surface area contributed by atoms with Crippen LogP contribution in [0.4, 0.5) is 0 Å². The molecule has 17 heavy (non-hydrogen) atoms. The first-order valence-electron chi connectivity index (χ1n) is 6.11. The largest absolute Gasteiger partial charge is 0.315 e. The Morgan fingerprint density at radius 2 is 2.24 bits per heavy atom. The zero-order valence-electron chi connectivity index (χ0n) is 10.4. The average molecular weight is 268 g/mol. The van der Waals surface area contributed by atoms with Crippen LogP contribution in [0.3, 0.4) is 0 Å². The molecule has 2 nitrogen and oxygen atoms in total. The Balaban J connectivity index is 2.00. The summed E-state index contributed by atoms with van der Waals surface area (Å²) in [5, 5.41) is 4.90. The van der Waals surface area contributed by atoms with Crippen molar-refractivity contribution >= 4 is 23.5 Å². The summed E-state index contributed by atoms with van der Waals surface area (Å²) >= 11 is 4.21. The van der Waals surface area contributed by atoms with Gasteiger partial charge in [0.1, 0.15) is 0 Å². The summed E-state index contributed by atoms with van der Waals surface area (Å²) in [7, 11) is 2.07. The summed E-state index contributed by atoms with van der Waals surface area (Å²) in [4.78, 5) is 4.43. The Kier molecular flexibility index (Phi) is 5.19. The molecule has 0 radical (unpaired) electrons. The van der Waals surface area contributed by atoms with Gasteiger partial charge in [-0.2, -0.15) is 23.5 Å². The minimum absolute atomic E-state index is 0.526. The van der Waals surface area contributed by atoms with Gasteiger partial charge in [0.25, 0.3) is 0 Å². The van der Waals surface area contributed by atoms with Gasteiger partial charge in [-0.25, -0.2) is 0 Å². The Morgan fingerprint density at radius 3 is 2.88 bits per heavy atom. The van der Waals surface area contributed by atoms with E-state index >= 15 is 0 Å². The van der Waals surface area contributed by atoms with Gasteiger partial charge >= 0.3 is 0 Å². The van der Waals surface area contributed by atoms with E-state index in [-0.39, 0.29) is 0 Å². The van der Waals surface area contributed by atoms with Gasteiger partial charge in [-0.1, -0.05) is 13.0 Å². The first-order valence-corrected chi connectivity index (χ1v) is 8.21. The van der Waals surface area contributed by atoms with Crippen LogP contribution in [-0.2, 0) is 6.42 Å². The van der Waals surface area contributed by atoms with E-state index in [2.05, 4.69) is 59.9 Å². The van der Waals surface area contributed by atoms with E-state index in [9.17, 15) is 0 Å². The normalized spacial score (nSPS) is 26.7. The summed E-state index contributed by atoms with van der Waals surface area (Å²) in [6.45, 7) is 2.35. The first kappa shape index (κ1) is 13.2. The number of nitrogens with zero attached hydrogens (tertiary/aromatic N) is 1. The van der Waals surface area contributed by atoms with Crippen molar-refractivity contribution in [2.24, 2.45) is 0 Å². The second-order valence-corrected chi connectivity index (χ2v) is 7.10. The number of aromatic nitrogens is 1. The summed E-state index contributed by atoms with van der Waals surface area (Å²) in [6, 6.07) is 6.69. The Hall–Kier alpha value is -0.190. The van der Waals surface area contributed by atoms with Crippen LogP contribution in [0.5, 0.6) is 0 Å². The van der Waals surface area contributed by atoms with Gasteiger partial charge in [-0.15, -0.1) is 0 Å². The maximum atomic E-state index is 4.43. The highest BCUT2D eigenvalue weighted by Gasteiger charge is 2.29. The molecule has 94 valence electrons. The standard InChI is InChI=1S/C13H20N2S2/c1-10-13(17-8-7-16-10)12(14-2)9-11-5-3-4-6-15-11/h3-6,10,12-14H,7-9H2,1-2H3. The zero-order chi connectivity index (χ0) is 12.1. The number of nitrogens with one attached hydrogen (secondary N) is 1. The molecule has 3 unspecified atom stereocenters. The van der Waals surface area contributed by atoms with Gasteiger partial charge in [-0.05, 0) is 19.2 Å². The van der Waals surface area contributed by atoms with Crippen molar-refractivity contribution in [1.82, 2.24) is 10.3 Å². The van der Waals surface area contributed by atoms with Gasteiger partial charge < -0.3 is 5.32 Å². The molecule has 1 aliphatic rings. The maximum absolute atomic E-state index is 4.43. The molecule has 0 aliphatic carbocycles. The average Bonchev–Trinajstić information content (AvgIpc) is 2.38. The van der Waals surface area contributed by atoms with Crippen LogP contribution in [0.1, 0.15) is 12.6 Å². The molecule has 4 heteroatoms. The van der Waals surface area contributed by atoms with Crippen LogP contribution in [0.2, 0.25) is 0 Å². The summed E-state index contributed by atoms with van der Waals surface area (Å²) in [6.07, 6.45) is 2.91. The topological polar surface area (TPSA) is 24.9 Å². The fourth-order valence-electron chi connectivity index (χ4n) is 2.22. The minimum atomic E-state index is 0.526. The molecule has 1 saturated heterocycles. The van der Waals surface area contributed by atoms with Gasteiger partial charge in [0.05, 0.1) is 0 Å². The van der Waals surface area contributed by atoms with Crippen molar-refractivity contribution in [3.8, 4) is 0 Å². The van der Waals surface area contributed by atoms with Crippen LogP contribution in [0.25, 0.3) is 0 Å². The molecule has 2 heterocycles. The molecule has 1 aromatic heterocycles. The molecule has 0 saturated carbocycles. The molecule has 0 amide bonds. The molecule has 3 atom stereocenters. The fraction of sp³-hybridized carbons (Fsp3) is 0.615. The lowest BCUT2D eigenvalue weighted by Gasteiger charge is -2.34. The van der Waals surface area contributed by atoms with Crippen LogP contribution in [0, 0.1) is 0 Å². The Bertz CT molecular complexity index is 331. The molecule has 2 rings (SSSR count). The van der Waals surface area contributed by atoms with Crippen molar-refractivity contribution < 1.29 is 0 Å². The van der Waals surface area contributed by atoms with Gasteiger partial charge in [0.15, 0.2) is 0 Å². The van der Waals surface area contributed by atoms with Crippen molar-refractivity contribution in [1.29, 1.82) is 0 Å². The third-order valence-corrected chi connectivity index (χ3v) is 6.41. The molecular formula is C13H20N2S2. The van der Waals surface area contributed by atoms with Crippen LogP contribution < -0.4 is 5.32 Å². The van der Waals surface area contributed by atoms with Gasteiger partial charge in [-0.3, -0.25) is 4.98 Å². The first-order chi connectivity index (χ1) is 8.31. The number of rotatable bonds is 4. The van der Waals surface area contributed by atoms with Crippen molar-refractivity contribution in [3.63, 3.8) is 0 Å². The smallest absolute Gasteiger partial charge is 0.0419 e. The zero-order valence-corrected chi connectivity index (χ0v) is 12.1. The SMILES string of the molecule is CNC(Cc1ccccn1)C1SCCSC1C. The number of hydrogen-bond acceptors (Lipinski definition) is 4. The molecule has 1 aliphatic heterocycles. The lowest BCUT2D eigenvalue weighted by molar-refractivity contribution is 0.525. The van der Waals surface area contributed by atoms with Crippen LogP contribution >= 0.6 is 23.5 Å². The predicted molar refractivity (Wildman–Crippen MR) is 79.0 cm³/mol. The van der Waals surface area contributed by atoms with Gasteiger partial charge in [0, 0.05) is 46.4 Å². The predicted octanol–water partition coefficient (Wildman–Crippen LogP) is 2.45. The third kappa shape index (κ3) is 3.63. The number of pyridine rings is 1. The van der Waals surface area contributed by atoms with Crippen molar-refractivity contribution in [2.75, 3.05) is 18.6 Å². The molecular weight excluding hydrogens is 248 g/mol. The lowest BCUT2D eigenvalue weighted by Crippen LogP contribution is -2.44. The van der Waals surface area contributed by atoms with E-state index in [1.165, 1.54) is 17.2 Å². The molecule has 1 aromatic rings. The highest BCUT2D eigenvalue weighted by Crippen LogP contribution is 2.33. The highest BCUT2D eigenvalue weighted by atomic mass is 32.2. The summed E-state index contributed by atoms with van der Waals surface area (Å²) in [5.74, 6) is 2.57. The quantitative estimate of drug-likeness (QED) is 0.907. The second-order valence-electron chi connectivity index (χ2n) is 4.33. The van der Waals surface area contributed by atoms with Crippen LogP contribution in [0.15, 0.2) is 24.4 Å². The monoisotopic (exact) mass is 268 g/mol. The Morgan fingerprint density at radius 1 is 1.41 bits per heavy atom. The van der Waals surface area contributed by atoms with E-state index in [1.807, 2.05) is 12.3 Å². The minimum Gasteiger partial charge on any atom is -0.315 e. The Labute approximate surface area is 112 Å². The van der Waals surface area contributed by atoms with E-state index in [1.54, 1.807) is 0 Å². The van der Waals surface area contributed by atoms with E-state index < -0.39 is 0 Å². The van der Waals surface area contributed by atoms with E-state index in [0.717, 1.165) is 11.7 Å². The van der Waals surface area contributed by atoms with Crippen LogP contribution in [-0.4, -0.2) is 40.1 Å². The molecule has 1 N–H and O–H groups in total. The number of likely N-dealkylation sites (N-methyl/N-ethyl adjacent to an activating group) is 1. The van der Waals surface area contributed by atoms with E-state index in [4.69, 9.17) is 0 Å². The number of hydrogen-bond donors (Lipinski definition) is 1. The maximum Gasteiger partial charge on any atom is 0.0419 e. The third-order valence-electron chi connectivity index (χ3n) is 3.16. The number of thioether (sulfide) groups is 2. The molecule has 0 bridgehead atoms. The van der Waals surface area contributed by atoms with Gasteiger partial charge in [0.2, 0.25) is 0 Å². The van der Waals surface area contributed by atoms with Crippen molar-refractivity contribution in [3.05, 3.63) is 30.1 Å². The molecule has 1 fully saturated rings. The summed E-state index contributed by atoms with van der Waals surface area (Å²) in [5.41, 5.74) is 1.19. The fourth-order valence-corrected chi connectivity index (χ4v) is 5.22. The highest BCUT2D eigenvalue weighted by molar-refractivity contribution is 8.07. The molecule has 0 spiro atoms. The molecule has 0 aromatic carbocycles. The van der Waals surface area contributed by atoms with Crippen molar-refractivity contribution in [2.45, 2.75) is 29.9 Å². The summed E-state index contributed by atoms with van der Waals surface area (Å²) < 4.78 is 0. The lowest BCUT2D eigenvalue weighted by atomic mass is 10.1. The van der Waals surface area contributed by atoms with E-state index in [0.29, 0.717) is 11.3 Å². The second kappa shape index (κ2) is 6.66.